The van der Waals surface area contributed by atoms with Gasteiger partial charge in [-0.3, -0.25) is 0 Å². The normalized spacial score (nSPS) is 33.9. The zero-order valence-corrected chi connectivity index (χ0v) is 7.55. The van der Waals surface area contributed by atoms with Gasteiger partial charge in [0.05, 0.1) is 19.0 Å². The second-order valence-electron chi connectivity index (χ2n) is 3.27. The minimum absolute atomic E-state index is 0.657. The Balaban J connectivity index is 2.88. The molecule has 1 aliphatic heterocycles. The van der Waals surface area contributed by atoms with Gasteiger partial charge in [0.2, 0.25) is 0 Å². The van der Waals surface area contributed by atoms with Gasteiger partial charge in [-0.2, -0.15) is 5.01 Å². The monoisotopic (exact) mass is 141 g/mol. The van der Waals surface area contributed by atoms with Crippen molar-refractivity contribution in [2.75, 3.05) is 14.1 Å². The van der Waals surface area contributed by atoms with Crippen LogP contribution in [0.5, 0.6) is 0 Å². The molecule has 2 nitrogen and oxygen atoms in total. The van der Waals surface area contributed by atoms with Crippen molar-refractivity contribution in [2.45, 2.75) is 26.8 Å². The molecule has 0 aromatic rings. The largest absolute Gasteiger partial charge is 0.186 e. The molecular weight excluding hydrogens is 124 g/mol. The van der Waals surface area contributed by atoms with E-state index in [-0.39, 0.29) is 0 Å². The van der Waals surface area contributed by atoms with Gasteiger partial charge in [-0.1, -0.05) is 6.92 Å². The van der Waals surface area contributed by atoms with E-state index in [1.165, 1.54) is 5.71 Å². The van der Waals surface area contributed by atoms with E-state index >= 15 is 0 Å². The van der Waals surface area contributed by atoms with Gasteiger partial charge in [0.1, 0.15) is 0 Å². The van der Waals surface area contributed by atoms with E-state index in [0.29, 0.717) is 12.0 Å². The van der Waals surface area contributed by atoms with Gasteiger partial charge in [0, 0.05) is 6.92 Å². The summed E-state index contributed by atoms with van der Waals surface area (Å²) >= 11 is 0. The Morgan fingerprint density at radius 3 is 2.00 bits per heavy atom. The molecule has 1 aliphatic rings. The molecule has 0 aromatic carbocycles. The zero-order valence-electron chi connectivity index (χ0n) is 7.55. The highest BCUT2D eigenvalue weighted by Gasteiger charge is 2.35. The van der Waals surface area contributed by atoms with E-state index < -0.39 is 0 Å². The predicted molar refractivity (Wildman–Crippen MR) is 43.3 cm³/mol. The maximum absolute atomic E-state index is 2.28. The first-order valence-electron chi connectivity index (χ1n) is 3.85. The summed E-state index contributed by atoms with van der Waals surface area (Å²) in [5, 5.41) is 2.28. The van der Waals surface area contributed by atoms with Crippen molar-refractivity contribution >= 4 is 5.71 Å². The van der Waals surface area contributed by atoms with E-state index in [2.05, 4.69) is 44.6 Å². The van der Waals surface area contributed by atoms with Crippen LogP contribution in [0.25, 0.3) is 0 Å². The quantitative estimate of drug-likeness (QED) is 0.456. The molecule has 0 spiro atoms. The Morgan fingerprint density at radius 1 is 1.40 bits per heavy atom. The third kappa shape index (κ3) is 0.825. The first-order chi connectivity index (χ1) is 4.55. The molecule has 0 radical (unpaired) electrons. The lowest BCUT2D eigenvalue weighted by Crippen LogP contribution is -2.31. The minimum Gasteiger partial charge on any atom is -0.186 e. The molecule has 0 saturated heterocycles. The molecule has 0 unspecified atom stereocenters. The van der Waals surface area contributed by atoms with E-state index in [1.807, 2.05) is 0 Å². The molecule has 1 rings (SSSR count). The van der Waals surface area contributed by atoms with E-state index in [4.69, 9.17) is 0 Å². The zero-order chi connectivity index (χ0) is 7.89. The summed E-state index contributed by atoms with van der Waals surface area (Å²) in [7, 11) is 4.26. The van der Waals surface area contributed by atoms with Crippen molar-refractivity contribution in [3.8, 4) is 0 Å². The van der Waals surface area contributed by atoms with Crippen LogP contribution in [0.3, 0.4) is 0 Å². The maximum atomic E-state index is 2.28. The molecule has 2 atom stereocenters. The van der Waals surface area contributed by atoms with Crippen molar-refractivity contribution in [3.63, 3.8) is 0 Å². The van der Waals surface area contributed by atoms with Crippen LogP contribution in [0.4, 0.5) is 0 Å². The molecule has 0 amide bonds. The van der Waals surface area contributed by atoms with Gasteiger partial charge in [-0.15, -0.1) is 4.68 Å². The average Bonchev–Trinajstić information content (AvgIpc) is 2.07. The van der Waals surface area contributed by atoms with Crippen LogP contribution < -0.4 is 0 Å². The molecule has 58 valence electrons. The Kier molecular flexibility index (Phi) is 1.71. The second-order valence-corrected chi connectivity index (χ2v) is 3.27. The minimum atomic E-state index is 0.657. The lowest BCUT2D eigenvalue weighted by Gasteiger charge is -2.13. The third-order valence-corrected chi connectivity index (χ3v) is 2.96. The molecule has 1 heterocycles. The summed E-state index contributed by atoms with van der Waals surface area (Å²) < 4.78 is 2.23. The topological polar surface area (TPSA) is 6.25 Å². The van der Waals surface area contributed by atoms with Crippen LogP contribution in [-0.2, 0) is 0 Å². The fourth-order valence-electron chi connectivity index (χ4n) is 1.49. The highest BCUT2D eigenvalue weighted by molar-refractivity contribution is 5.80. The van der Waals surface area contributed by atoms with Gasteiger partial charge < -0.3 is 0 Å². The predicted octanol–water partition coefficient (Wildman–Crippen LogP) is 0.975. The van der Waals surface area contributed by atoms with E-state index in [1.54, 1.807) is 0 Å². The first-order valence-corrected chi connectivity index (χ1v) is 3.85. The summed E-state index contributed by atoms with van der Waals surface area (Å²) in [4.78, 5) is 0. The summed E-state index contributed by atoms with van der Waals surface area (Å²) in [5.41, 5.74) is 1.47. The fraction of sp³-hybridized carbons (Fsp3) is 0.875. The fourth-order valence-corrected chi connectivity index (χ4v) is 1.49. The summed E-state index contributed by atoms with van der Waals surface area (Å²) in [5.74, 6) is 0.704. The standard InChI is InChI=1S/C8H17N2/c1-6-7(2)9(4)10(5)8(6)3/h6-7H,1-5H3/q+1/t6-,7-/m1/s1. The summed E-state index contributed by atoms with van der Waals surface area (Å²) in [6.07, 6.45) is 0. The van der Waals surface area contributed by atoms with E-state index in [0.717, 1.165) is 0 Å². The second kappa shape index (κ2) is 2.26. The molecule has 0 aromatic heterocycles. The number of hydrogen-bond donors (Lipinski definition) is 0. The van der Waals surface area contributed by atoms with Crippen molar-refractivity contribution in [1.29, 1.82) is 0 Å². The van der Waals surface area contributed by atoms with Gasteiger partial charge in [-0.25, -0.2) is 0 Å². The molecule has 0 aliphatic carbocycles. The lowest BCUT2D eigenvalue weighted by molar-refractivity contribution is -0.658. The molecule has 0 fully saturated rings. The summed E-state index contributed by atoms with van der Waals surface area (Å²) in [6, 6.07) is 0.657. The van der Waals surface area contributed by atoms with Crippen molar-refractivity contribution in [2.24, 2.45) is 5.92 Å². The van der Waals surface area contributed by atoms with Gasteiger partial charge in [0.15, 0.2) is 12.8 Å². The Hall–Kier alpha value is -0.530. The highest BCUT2D eigenvalue weighted by Crippen LogP contribution is 2.17. The molecule has 0 N–H and O–H groups in total. The SMILES string of the molecule is CC1=[N+](C)N(C)[C@H](C)[C@H]1C. The summed E-state index contributed by atoms with van der Waals surface area (Å²) in [6.45, 7) is 6.74. The average molecular weight is 141 g/mol. The molecule has 10 heavy (non-hydrogen) atoms. The number of hydrazone groups is 1. The van der Waals surface area contributed by atoms with Crippen LogP contribution in [0, 0.1) is 5.92 Å². The lowest BCUT2D eigenvalue weighted by atomic mass is 10.0. The smallest absolute Gasteiger partial charge is 0.184 e. The molecular formula is C8H17N2+. The molecule has 2 heteroatoms. The van der Waals surface area contributed by atoms with Gasteiger partial charge in [0.25, 0.3) is 0 Å². The Labute approximate surface area is 63.1 Å². The van der Waals surface area contributed by atoms with Crippen LogP contribution in [0.1, 0.15) is 20.8 Å². The maximum Gasteiger partial charge on any atom is 0.184 e. The van der Waals surface area contributed by atoms with Crippen molar-refractivity contribution in [3.05, 3.63) is 0 Å². The van der Waals surface area contributed by atoms with Gasteiger partial charge in [-0.05, 0) is 6.92 Å². The Bertz CT molecular complexity index is 154. The van der Waals surface area contributed by atoms with Crippen LogP contribution in [0.15, 0.2) is 0 Å². The van der Waals surface area contributed by atoms with Gasteiger partial charge >= 0.3 is 0 Å². The first kappa shape index (κ1) is 7.58. The van der Waals surface area contributed by atoms with Crippen molar-refractivity contribution < 1.29 is 4.68 Å². The van der Waals surface area contributed by atoms with Crippen LogP contribution >= 0.6 is 0 Å². The number of hydrogen-bond acceptors (Lipinski definition) is 1. The molecule has 0 saturated carbocycles. The Morgan fingerprint density at radius 2 is 1.90 bits per heavy atom. The van der Waals surface area contributed by atoms with Crippen LogP contribution in [-0.4, -0.2) is 35.5 Å². The molecule has 0 bridgehead atoms. The number of nitrogens with zero attached hydrogens (tertiary/aromatic N) is 2. The van der Waals surface area contributed by atoms with Crippen LogP contribution in [0.2, 0.25) is 0 Å². The third-order valence-electron chi connectivity index (χ3n) is 2.96. The van der Waals surface area contributed by atoms with E-state index in [9.17, 15) is 0 Å². The highest BCUT2D eigenvalue weighted by atomic mass is 15.6. The number of hydrazine groups is 1. The number of rotatable bonds is 0. The van der Waals surface area contributed by atoms with Crippen molar-refractivity contribution in [1.82, 2.24) is 5.01 Å².